The Morgan fingerprint density at radius 2 is 2.22 bits per heavy atom. The molecule has 0 saturated carbocycles. The molecule has 0 bridgehead atoms. The van der Waals surface area contributed by atoms with Gasteiger partial charge in [0.15, 0.2) is 10.6 Å². The van der Waals surface area contributed by atoms with Crippen LogP contribution in [0.2, 0.25) is 0 Å². The Bertz CT molecular complexity index is 596. The second kappa shape index (κ2) is 5.29. The van der Waals surface area contributed by atoms with Crippen LogP contribution in [0.15, 0.2) is 0 Å². The lowest BCUT2D eigenvalue weighted by molar-refractivity contribution is 0.182. The third kappa shape index (κ3) is 2.38. The summed E-state index contributed by atoms with van der Waals surface area (Å²) in [5.74, 6) is 0.840. The highest BCUT2D eigenvalue weighted by Crippen LogP contribution is 2.30. The van der Waals surface area contributed by atoms with E-state index in [9.17, 15) is 0 Å². The average Bonchev–Trinajstić information content (AvgIpc) is 2.82. The van der Waals surface area contributed by atoms with Gasteiger partial charge in [-0.25, -0.2) is 4.98 Å². The Morgan fingerprint density at radius 3 is 2.83 bits per heavy atom. The Hall–Kier alpha value is -1.05. The number of nitrogens with zero attached hydrogens (tertiary/aromatic N) is 3. The fraction of sp³-hybridized carbons (Fsp3) is 0.545. The van der Waals surface area contributed by atoms with E-state index in [1.807, 2.05) is 11.5 Å². The minimum absolute atomic E-state index is 0.254. The smallest absolute Gasteiger partial charge is 0.195 e. The number of rotatable bonds is 4. The summed E-state index contributed by atoms with van der Waals surface area (Å²) in [6.45, 7) is 6.63. The maximum absolute atomic E-state index is 5.26. The molecule has 0 saturated heterocycles. The van der Waals surface area contributed by atoms with Gasteiger partial charge in [0.05, 0.1) is 22.2 Å². The third-order valence-corrected chi connectivity index (χ3v) is 3.81. The van der Waals surface area contributed by atoms with Crippen LogP contribution in [-0.2, 0) is 11.3 Å². The molecular weight excluding hydrogens is 268 g/mol. The standard InChI is InChI=1S/C11H16N4OS2/c1-6(2)15-10(13-14-11(15)17)9-8(5-16-4)12-7(3)18-9/h6H,5H2,1-4H3,(H,14,17). The predicted molar refractivity (Wildman–Crippen MR) is 74.4 cm³/mol. The van der Waals surface area contributed by atoms with E-state index in [1.54, 1.807) is 18.4 Å². The van der Waals surface area contributed by atoms with E-state index in [0.717, 1.165) is 21.4 Å². The van der Waals surface area contributed by atoms with Crippen LogP contribution in [0.25, 0.3) is 10.7 Å². The third-order valence-electron chi connectivity index (χ3n) is 2.51. The van der Waals surface area contributed by atoms with Crippen molar-refractivity contribution >= 4 is 23.6 Å². The Balaban J connectivity index is 2.58. The summed E-state index contributed by atoms with van der Waals surface area (Å²) in [5, 5.41) is 8.17. The van der Waals surface area contributed by atoms with Crippen LogP contribution in [0.5, 0.6) is 0 Å². The van der Waals surface area contributed by atoms with Gasteiger partial charge < -0.3 is 4.74 Å². The van der Waals surface area contributed by atoms with Gasteiger partial charge in [-0.1, -0.05) is 0 Å². The van der Waals surface area contributed by atoms with Gasteiger partial charge in [0, 0.05) is 13.2 Å². The van der Waals surface area contributed by atoms with Crippen molar-refractivity contribution in [2.24, 2.45) is 0 Å². The first-order valence-electron chi connectivity index (χ1n) is 5.67. The number of hydrogen-bond donors (Lipinski definition) is 1. The molecule has 0 amide bonds. The van der Waals surface area contributed by atoms with Crippen molar-refractivity contribution in [3.63, 3.8) is 0 Å². The van der Waals surface area contributed by atoms with Crippen molar-refractivity contribution in [1.82, 2.24) is 19.7 Å². The molecule has 7 heteroatoms. The van der Waals surface area contributed by atoms with E-state index in [4.69, 9.17) is 17.0 Å². The molecule has 0 aromatic carbocycles. The molecule has 0 atom stereocenters. The van der Waals surface area contributed by atoms with E-state index in [-0.39, 0.29) is 6.04 Å². The highest BCUT2D eigenvalue weighted by Gasteiger charge is 2.18. The maximum Gasteiger partial charge on any atom is 0.195 e. The summed E-state index contributed by atoms with van der Waals surface area (Å²) >= 11 is 6.87. The molecule has 2 aromatic heterocycles. The largest absolute Gasteiger partial charge is 0.378 e. The van der Waals surface area contributed by atoms with Crippen molar-refractivity contribution in [2.75, 3.05) is 7.11 Å². The fourth-order valence-electron chi connectivity index (χ4n) is 1.82. The molecule has 0 aliphatic heterocycles. The molecule has 18 heavy (non-hydrogen) atoms. The summed E-state index contributed by atoms with van der Waals surface area (Å²) in [5.41, 5.74) is 0.913. The molecule has 2 aromatic rings. The highest BCUT2D eigenvalue weighted by atomic mass is 32.1. The van der Waals surface area contributed by atoms with Crippen LogP contribution in [0, 0.1) is 11.7 Å². The van der Waals surface area contributed by atoms with Crippen molar-refractivity contribution in [2.45, 2.75) is 33.4 Å². The number of ether oxygens (including phenoxy) is 1. The van der Waals surface area contributed by atoms with E-state index < -0.39 is 0 Å². The fourth-order valence-corrected chi connectivity index (χ4v) is 3.08. The minimum Gasteiger partial charge on any atom is -0.378 e. The SMILES string of the molecule is COCc1nc(C)sc1-c1n[nH]c(=S)n1C(C)C. The van der Waals surface area contributed by atoms with Crippen molar-refractivity contribution in [3.05, 3.63) is 15.5 Å². The zero-order valence-electron chi connectivity index (χ0n) is 10.9. The number of hydrogen-bond acceptors (Lipinski definition) is 5. The number of aromatic nitrogens is 4. The van der Waals surface area contributed by atoms with Gasteiger partial charge in [-0.15, -0.1) is 11.3 Å². The predicted octanol–water partition coefficient (Wildman–Crippen LogP) is 3.10. The second-order valence-electron chi connectivity index (χ2n) is 4.26. The number of thiazole rings is 1. The molecule has 2 rings (SSSR count). The summed E-state index contributed by atoms with van der Waals surface area (Å²) in [6, 6.07) is 0.254. The molecule has 0 aliphatic rings. The number of nitrogens with one attached hydrogen (secondary N) is 1. The Morgan fingerprint density at radius 1 is 1.50 bits per heavy atom. The second-order valence-corrected chi connectivity index (χ2v) is 5.85. The average molecular weight is 284 g/mol. The molecule has 5 nitrogen and oxygen atoms in total. The van der Waals surface area contributed by atoms with Gasteiger partial charge in [0.25, 0.3) is 0 Å². The zero-order chi connectivity index (χ0) is 13.3. The number of methoxy groups -OCH3 is 1. The Labute approximate surface area is 115 Å². The van der Waals surface area contributed by atoms with E-state index in [2.05, 4.69) is 29.0 Å². The first-order valence-corrected chi connectivity index (χ1v) is 6.89. The van der Waals surface area contributed by atoms with Crippen LogP contribution in [0.3, 0.4) is 0 Å². The van der Waals surface area contributed by atoms with Gasteiger partial charge in [0.2, 0.25) is 0 Å². The highest BCUT2D eigenvalue weighted by molar-refractivity contribution is 7.71. The van der Waals surface area contributed by atoms with Crippen LogP contribution in [-0.4, -0.2) is 26.9 Å². The summed E-state index contributed by atoms with van der Waals surface area (Å²) in [7, 11) is 1.66. The topological polar surface area (TPSA) is 55.7 Å². The monoisotopic (exact) mass is 284 g/mol. The van der Waals surface area contributed by atoms with Gasteiger partial charge in [-0.3, -0.25) is 9.67 Å². The number of aromatic amines is 1. The lowest BCUT2D eigenvalue weighted by atomic mass is 10.3. The summed E-state index contributed by atoms with van der Waals surface area (Å²) in [4.78, 5) is 5.50. The first-order chi connectivity index (χ1) is 8.54. The van der Waals surface area contributed by atoms with Gasteiger partial charge in [-0.05, 0) is 33.0 Å². The van der Waals surface area contributed by atoms with Crippen molar-refractivity contribution in [3.8, 4) is 10.7 Å². The molecular formula is C11H16N4OS2. The van der Waals surface area contributed by atoms with Crippen LogP contribution in [0.1, 0.15) is 30.6 Å². The molecule has 0 fully saturated rings. The quantitative estimate of drug-likeness (QED) is 0.877. The number of H-pyrrole nitrogens is 1. The Kier molecular flexibility index (Phi) is 3.94. The van der Waals surface area contributed by atoms with Crippen LogP contribution < -0.4 is 0 Å². The zero-order valence-corrected chi connectivity index (χ0v) is 12.5. The number of aryl methyl sites for hydroxylation is 1. The maximum atomic E-state index is 5.26. The molecule has 1 N–H and O–H groups in total. The normalized spacial score (nSPS) is 11.4. The van der Waals surface area contributed by atoms with E-state index in [0.29, 0.717) is 11.4 Å². The van der Waals surface area contributed by atoms with Gasteiger partial charge in [-0.2, -0.15) is 5.10 Å². The molecule has 0 unspecified atom stereocenters. The molecule has 2 heterocycles. The summed E-state index contributed by atoms with van der Waals surface area (Å²) < 4.78 is 7.82. The van der Waals surface area contributed by atoms with E-state index >= 15 is 0 Å². The van der Waals surface area contributed by atoms with Gasteiger partial charge >= 0.3 is 0 Å². The molecule has 0 spiro atoms. The van der Waals surface area contributed by atoms with Gasteiger partial charge in [0.1, 0.15) is 0 Å². The molecule has 0 radical (unpaired) electrons. The summed E-state index contributed by atoms with van der Waals surface area (Å²) in [6.07, 6.45) is 0. The lowest BCUT2D eigenvalue weighted by Crippen LogP contribution is -2.04. The van der Waals surface area contributed by atoms with Crippen LogP contribution in [0.4, 0.5) is 0 Å². The first kappa shape index (κ1) is 13.4. The minimum atomic E-state index is 0.254. The van der Waals surface area contributed by atoms with Crippen molar-refractivity contribution in [1.29, 1.82) is 0 Å². The van der Waals surface area contributed by atoms with Crippen molar-refractivity contribution < 1.29 is 4.74 Å². The lowest BCUT2D eigenvalue weighted by Gasteiger charge is -2.09. The molecule has 98 valence electrons. The van der Waals surface area contributed by atoms with Crippen LogP contribution >= 0.6 is 23.6 Å². The van der Waals surface area contributed by atoms with E-state index in [1.165, 1.54) is 0 Å². The molecule has 0 aliphatic carbocycles.